The normalized spacial score (nSPS) is 9.80. The van der Waals surface area contributed by atoms with Crippen LogP contribution in [0.3, 0.4) is 0 Å². The first kappa shape index (κ1) is 11.4. The van der Waals surface area contributed by atoms with Crippen molar-refractivity contribution in [2.45, 2.75) is 13.8 Å². The van der Waals surface area contributed by atoms with Gasteiger partial charge in [0.2, 0.25) is 5.91 Å². The summed E-state index contributed by atoms with van der Waals surface area (Å²) in [4.78, 5) is 13.1. The van der Waals surface area contributed by atoms with Crippen molar-refractivity contribution in [1.82, 2.24) is 0 Å². The van der Waals surface area contributed by atoms with E-state index >= 15 is 0 Å². The van der Waals surface area contributed by atoms with E-state index in [1.54, 1.807) is 6.07 Å². The summed E-state index contributed by atoms with van der Waals surface area (Å²) in [5.41, 5.74) is 8.05. The Morgan fingerprint density at radius 1 is 1.53 bits per heavy atom. The van der Waals surface area contributed by atoms with Crippen LogP contribution >= 0.6 is 0 Å². The minimum absolute atomic E-state index is 0.0913. The number of benzene rings is 1. The molecule has 0 aromatic heterocycles. The summed E-state index contributed by atoms with van der Waals surface area (Å²) in [7, 11) is 1.97. The van der Waals surface area contributed by atoms with E-state index in [-0.39, 0.29) is 5.91 Å². The lowest BCUT2D eigenvalue weighted by Crippen LogP contribution is -2.19. The fourth-order valence-corrected chi connectivity index (χ4v) is 1.35. The third-order valence-electron chi connectivity index (χ3n) is 2.22. The maximum absolute atomic E-state index is 11.0. The lowest BCUT2D eigenvalue weighted by atomic mass is 10.2. The average molecular weight is 207 g/mol. The molecule has 15 heavy (non-hydrogen) atoms. The smallest absolute Gasteiger partial charge is 0.221 e. The molecule has 0 heterocycles. The zero-order valence-electron chi connectivity index (χ0n) is 9.37. The third kappa shape index (κ3) is 2.87. The molecule has 0 radical (unpaired) electrons. The molecule has 0 atom stereocenters. The van der Waals surface area contributed by atoms with Gasteiger partial charge in [-0.3, -0.25) is 4.79 Å². The molecule has 0 unspecified atom stereocenters. The van der Waals surface area contributed by atoms with E-state index in [0.717, 1.165) is 17.9 Å². The van der Waals surface area contributed by atoms with Crippen molar-refractivity contribution < 1.29 is 4.79 Å². The molecule has 1 aromatic rings. The predicted octanol–water partition coefficient (Wildman–Crippen LogP) is 1.68. The van der Waals surface area contributed by atoms with E-state index in [9.17, 15) is 4.79 Å². The Morgan fingerprint density at radius 2 is 2.20 bits per heavy atom. The van der Waals surface area contributed by atoms with Gasteiger partial charge in [0, 0.05) is 26.2 Å². The van der Waals surface area contributed by atoms with Crippen LogP contribution in [0.5, 0.6) is 0 Å². The van der Waals surface area contributed by atoms with Gasteiger partial charge in [-0.05, 0) is 25.1 Å². The fraction of sp³-hybridized carbons (Fsp3) is 0.364. The van der Waals surface area contributed by atoms with E-state index in [4.69, 9.17) is 5.73 Å². The summed E-state index contributed by atoms with van der Waals surface area (Å²) in [6.07, 6.45) is 0. The van der Waals surface area contributed by atoms with E-state index in [2.05, 4.69) is 5.32 Å². The van der Waals surface area contributed by atoms with E-state index in [1.807, 2.05) is 31.0 Å². The zero-order valence-corrected chi connectivity index (χ0v) is 9.37. The summed E-state index contributed by atoms with van der Waals surface area (Å²) in [6, 6.07) is 5.50. The average Bonchev–Trinajstić information content (AvgIpc) is 2.16. The van der Waals surface area contributed by atoms with Crippen LogP contribution in [0.4, 0.5) is 17.1 Å². The number of hydrogen-bond donors (Lipinski definition) is 2. The van der Waals surface area contributed by atoms with E-state index in [1.165, 1.54) is 6.92 Å². The minimum atomic E-state index is -0.0913. The second-order valence-electron chi connectivity index (χ2n) is 3.47. The van der Waals surface area contributed by atoms with Gasteiger partial charge < -0.3 is 16.0 Å². The predicted molar refractivity (Wildman–Crippen MR) is 64.1 cm³/mol. The number of nitrogen functional groups attached to an aromatic ring is 1. The molecular weight excluding hydrogens is 190 g/mol. The van der Waals surface area contributed by atoms with E-state index in [0.29, 0.717) is 5.69 Å². The van der Waals surface area contributed by atoms with Crippen molar-refractivity contribution in [2.75, 3.05) is 29.5 Å². The van der Waals surface area contributed by atoms with Gasteiger partial charge in [-0.25, -0.2) is 0 Å². The molecule has 4 nitrogen and oxygen atoms in total. The summed E-state index contributed by atoms with van der Waals surface area (Å²) in [6.45, 7) is 4.41. The van der Waals surface area contributed by atoms with Crippen LogP contribution in [0.2, 0.25) is 0 Å². The van der Waals surface area contributed by atoms with Crippen molar-refractivity contribution in [3.05, 3.63) is 18.2 Å². The second-order valence-corrected chi connectivity index (χ2v) is 3.47. The molecule has 0 saturated carbocycles. The first-order valence-electron chi connectivity index (χ1n) is 4.92. The molecule has 0 aliphatic carbocycles. The van der Waals surface area contributed by atoms with Crippen LogP contribution < -0.4 is 16.0 Å². The molecule has 1 rings (SSSR count). The number of nitrogens with two attached hydrogens (primary N) is 1. The summed E-state index contributed by atoms with van der Waals surface area (Å²) in [5.74, 6) is -0.0913. The van der Waals surface area contributed by atoms with Crippen LogP contribution in [0.15, 0.2) is 18.2 Å². The first-order valence-corrected chi connectivity index (χ1v) is 4.92. The molecule has 1 amide bonds. The quantitative estimate of drug-likeness (QED) is 0.741. The molecule has 4 heteroatoms. The monoisotopic (exact) mass is 207 g/mol. The van der Waals surface area contributed by atoms with Crippen LogP contribution in [-0.4, -0.2) is 19.5 Å². The van der Waals surface area contributed by atoms with Gasteiger partial charge in [-0.2, -0.15) is 0 Å². The summed E-state index contributed by atoms with van der Waals surface area (Å²) >= 11 is 0. The van der Waals surface area contributed by atoms with Crippen molar-refractivity contribution >= 4 is 23.0 Å². The van der Waals surface area contributed by atoms with Crippen molar-refractivity contribution in [1.29, 1.82) is 0 Å². The molecule has 3 N–H and O–H groups in total. The van der Waals surface area contributed by atoms with Crippen molar-refractivity contribution in [2.24, 2.45) is 0 Å². The van der Waals surface area contributed by atoms with Gasteiger partial charge >= 0.3 is 0 Å². The SMILES string of the molecule is CCN(C)c1ccc(N)cc1NC(C)=O. The molecule has 0 spiro atoms. The van der Waals surface area contributed by atoms with Crippen LogP contribution in [0.1, 0.15) is 13.8 Å². The maximum atomic E-state index is 11.0. The Morgan fingerprint density at radius 3 is 2.73 bits per heavy atom. The summed E-state index contributed by atoms with van der Waals surface area (Å²) < 4.78 is 0. The first-order chi connectivity index (χ1) is 7.04. The second kappa shape index (κ2) is 4.68. The van der Waals surface area contributed by atoms with Crippen LogP contribution in [0, 0.1) is 0 Å². The van der Waals surface area contributed by atoms with Gasteiger partial charge in [0.25, 0.3) is 0 Å². The molecule has 0 bridgehead atoms. The van der Waals surface area contributed by atoms with Crippen LogP contribution in [0.25, 0.3) is 0 Å². The highest BCUT2D eigenvalue weighted by atomic mass is 16.1. The van der Waals surface area contributed by atoms with Gasteiger partial charge in [-0.1, -0.05) is 0 Å². The number of amides is 1. The topological polar surface area (TPSA) is 58.4 Å². The molecular formula is C11H17N3O. The molecule has 0 fully saturated rings. The Bertz CT molecular complexity index is 363. The number of nitrogens with zero attached hydrogens (tertiary/aromatic N) is 1. The van der Waals surface area contributed by atoms with Crippen molar-refractivity contribution in [3.8, 4) is 0 Å². The molecule has 0 aliphatic rings. The number of carbonyl (C=O) groups excluding carboxylic acids is 1. The highest BCUT2D eigenvalue weighted by Crippen LogP contribution is 2.27. The molecule has 82 valence electrons. The fourth-order valence-electron chi connectivity index (χ4n) is 1.35. The van der Waals surface area contributed by atoms with E-state index < -0.39 is 0 Å². The van der Waals surface area contributed by atoms with Crippen LogP contribution in [-0.2, 0) is 4.79 Å². The van der Waals surface area contributed by atoms with Gasteiger partial charge in [0.1, 0.15) is 0 Å². The number of hydrogen-bond acceptors (Lipinski definition) is 3. The number of rotatable bonds is 3. The van der Waals surface area contributed by atoms with Crippen molar-refractivity contribution in [3.63, 3.8) is 0 Å². The lowest BCUT2D eigenvalue weighted by Gasteiger charge is -2.21. The maximum Gasteiger partial charge on any atom is 0.221 e. The Labute approximate surface area is 90.1 Å². The Hall–Kier alpha value is -1.71. The molecule has 0 aliphatic heterocycles. The largest absolute Gasteiger partial charge is 0.399 e. The number of carbonyl (C=O) groups is 1. The Kier molecular flexibility index (Phi) is 3.55. The number of nitrogens with one attached hydrogen (secondary N) is 1. The highest BCUT2D eigenvalue weighted by molar-refractivity contribution is 5.93. The Balaban J connectivity index is 3.08. The standard InChI is InChI=1S/C11H17N3O/c1-4-14(3)11-6-5-9(12)7-10(11)13-8(2)15/h5-7H,4,12H2,1-3H3,(H,13,15). The zero-order chi connectivity index (χ0) is 11.4. The van der Waals surface area contributed by atoms with Gasteiger partial charge in [0.05, 0.1) is 11.4 Å². The lowest BCUT2D eigenvalue weighted by molar-refractivity contribution is -0.114. The third-order valence-corrected chi connectivity index (χ3v) is 2.22. The number of anilines is 3. The minimum Gasteiger partial charge on any atom is -0.399 e. The molecule has 0 saturated heterocycles. The summed E-state index contributed by atoms with van der Waals surface area (Å²) in [5, 5.41) is 2.77. The highest BCUT2D eigenvalue weighted by Gasteiger charge is 2.07. The van der Waals surface area contributed by atoms with Gasteiger partial charge in [0.15, 0.2) is 0 Å². The molecule has 1 aromatic carbocycles. The van der Waals surface area contributed by atoms with Gasteiger partial charge in [-0.15, -0.1) is 0 Å².